The van der Waals surface area contributed by atoms with Gasteiger partial charge in [0, 0.05) is 12.6 Å². The van der Waals surface area contributed by atoms with Crippen molar-refractivity contribution in [3.05, 3.63) is 35.9 Å². The van der Waals surface area contributed by atoms with Gasteiger partial charge in [0.15, 0.2) is 0 Å². The van der Waals surface area contributed by atoms with E-state index in [0.29, 0.717) is 6.04 Å². The maximum Gasteiger partial charge on any atom is 0.0170 e. The highest BCUT2D eigenvalue weighted by Crippen LogP contribution is 2.06. The topological polar surface area (TPSA) is 29.3 Å². The molecular weight excluding hydrogens is 244 g/mol. The highest BCUT2D eigenvalue weighted by molar-refractivity contribution is 5.14. The fraction of sp³-hybridized carbons (Fsp3) is 0.667. The molecule has 0 spiro atoms. The second kappa shape index (κ2) is 10.9. The summed E-state index contributed by atoms with van der Waals surface area (Å²) >= 11 is 0. The monoisotopic (exact) mass is 276 g/mol. The van der Waals surface area contributed by atoms with Crippen LogP contribution >= 0.6 is 0 Å². The Morgan fingerprint density at radius 1 is 1.00 bits per heavy atom. The first-order valence-electron chi connectivity index (χ1n) is 8.28. The van der Waals surface area contributed by atoms with Gasteiger partial charge in [-0.05, 0) is 44.3 Å². The normalized spacial score (nSPS) is 12.8. The van der Waals surface area contributed by atoms with E-state index in [4.69, 9.17) is 5.73 Å². The Morgan fingerprint density at radius 2 is 1.60 bits per heavy atom. The number of hydrogen-bond donors (Lipinski definition) is 1. The van der Waals surface area contributed by atoms with Gasteiger partial charge in [0.2, 0.25) is 0 Å². The molecule has 114 valence electrons. The summed E-state index contributed by atoms with van der Waals surface area (Å²) in [5, 5.41) is 0. The predicted molar refractivity (Wildman–Crippen MR) is 89.0 cm³/mol. The molecule has 1 atom stereocenters. The number of rotatable bonds is 11. The first-order chi connectivity index (χ1) is 9.76. The molecule has 0 aliphatic carbocycles. The number of benzene rings is 1. The van der Waals surface area contributed by atoms with E-state index >= 15 is 0 Å². The van der Waals surface area contributed by atoms with Crippen molar-refractivity contribution < 1.29 is 0 Å². The van der Waals surface area contributed by atoms with E-state index in [-0.39, 0.29) is 0 Å². The first kappa shape index (κ1) is 17.2. The number of aryl methyl sites for hydroxylation is 1. The third-order valence-corrected chi connectivity index (χ3v) is 3.80. The van der Waals surface area contributed by atoms with Crippen LogP contribution in [0.2, 0.25) is 0 Å². The Kier molecular flexibility index (Phi) is 9.35. The van der Waals surface area contributed by atoms with Crippen molar-refractivity contribution >= 4 is 0 Å². The van der Waals surface area contributed by atoms with Gasteiger partial charge in [-0.3, -0.25) is 0 Å². The van der Waals surface area contributed by atoms with E-state index in [1.165, 1.54) is 44.3 Å². The molecule has 1 aromatic carbocycles. The Balaban J connectivity index is 2.30. The molecule has 0 aliphatic heterocycles. The lowest BCUT2D eigenvalue weighted by Gasteiger charge is -2.25. The maximum atomic E-state index is 6.32. The van der Waals surface area contributed by atoms with Gasteiger partial charge >= 0.3 is 0 Å². The van der Waals surface area contributed by atoms with E-state index < -0.39 is 0 Å². The van der Waals surface area contributed by atoms with Crippen molar-refractivity contribution in [2.24, 2.45) is 5.73 Å². The summed E-state index contributed by atoms with van der Waals surface area (Å²) in [6.07, 6.45) is 7.28. The van der Waals surface area contributed by atoms with Gasteiger partial charge in [0.1, 0.15) is 0 Å². The van der Waals surface area contributed by atoms with Crippen LogP contribution in [0.25, 0.3) is 0 Å². The van der Waals surface area contributed by atoms with Gasteiger partial charge in [-0.15, -0.1) is 0 Å². The lowest BCUT2D eigenvalue weighted by Crippen LogP contribution is -2.39. The second-order valence-electron chi connectivity index (χ2n) is 5.79. The molecule has 2 nitrogen and oxygen atoms in total. The minimum Gasteiger partial charge on any atom is -0.327 e. The SMILES string of the molecule is CCCCN(CCCC)CC(N)CCc1ccccc1. The predicted octanol–water partition coefficient (Wildman–Crippen LogP) is 3.85. The summed E-state index contributed by atoms with van der Waals surface area (Å²) in [6.45, 7) is 7.97. The van der Waals surface area contributed by atoms with Crippen molar-refractivity contribution in [1.82, 2.24) is 4.90 Å². The summed E-state index contributed by atoms with van der Waals surface area (Å²) in [5.41, 5.74) is 7.72. The zero-order chi connectivity index (χ0) is 14.6. The lowest BCUT2D eigenvalue weighted by atomic mass is 10.1. The molecule has 0 radical (unpaired) electrons. The number of unbranched alkanes of at least 4 members (excludes halogenated alkanes) is 2. The van der Waals surface area contributed by atoms with Gasteiger partial charge in [0.25, 0.3) is 0 Å². The molecule has 0 aromatic heterocycles. The second-order valence-corrected chi connectivity index (χ2v) is 5.79. The largest absolute Gasteiger partial charge is 0.327 e. The Labute approximate surface area is 125 Å². The van der Waals surface area contributed by atoms with Gasteiger partial charge in [-0.2, -0.15) is 0 Å². The number of nitrogens with two attached hydrogens (primary N) is 1. The molecule has 2 N–H and O–H groups in total. The van der Waals surface area contributed by atoms with Crippen LogP contribution in [0.3, 0.4) is 0 Å². The van der Waals surface area contributed by atoms with Crippen LogP contribution in [-0.4, -0.2) is 30.6 Å². The summed E-state index contributed by atoms with van der Waals surface area (Å²) in [7, 11) is 0. The molecule has 0 saturated heterocycles. The number of hydrogen-bond acceptors (Lipinski definition) is 2. The van der Waals surface area contributed by atoms with Crippen molar-refractivity contribution in [2.45, 2.75) is 58.4 Å². The first-order valence-corrected chi connectivity index (χ1v) is 8.28. The van der Waals surface area contributed by atoms with E-state index in [2.05, 4.69) is 49.1 Å². The zero-order valence-corrected chi connectivity index (χ0v) is 13.4. The van der Waals surface area contributed by atoms with Gasteiger partial charge in [0.05, 0.1) is 0 Å². The average Bonchev–Trinajstić information content (AvgIpc) is 2.49. The summed E-state index contributed by atoms with van der Waals surface area (Å²) in [5.74, 6) is 0. The van der Waals surface area contributed by atoms with E-state index in [0.717, 1.165) is 19.4 Å². The van der Waals surface area contributed by atoms with Crippen molar-refractivity contribution in [3.63, 3.8) is 0 Å². The molecule has 0 aliphatic rings. The van der Waals surface area contributed by atoms with Crippen LogP contribution < -0.4 is 5.73 Å². The summed E-state index contributed by atoms with van der Waals surface area (Å²) in [6, 6.07) is 11.0. The van der Waals surface area contributed by atoms with Crippen molar-refractivity contribution in [3.8, 4) is 0 Å². The van der Waals surface area contributed by atoms with Crippen LogP contribution in [0.1, 0.15) is 51.5 Å². The van der Waals surface area contributed by atoms with E-state index in [9.17, 15) is 0 Å². The average molecular weight is 276 g/mol. The molecule has 0 heterocycles. The van der Waals surface area contributed by atoms with Gasteiger partial charge in [-0.25, -0.2) is 0 Å². The molecule has 0 saturated carbocycles. The standard InChI is InChI=1S/C18H32N2/c1-3-5-14-20(15-6-4-2)16-18(19)13-12-17-10-8-7-9-11-17/h7-11,18H,3-6,12-16,19H2,1-2H3. The molecule has 1 aromatic rings. The molecular formula is C18H32N2. The third kappa shape index (κ3) is 7.66. The minimum absolute atomic E-state index is 0.295. The Bertz CT molecular complexity index is 315. The van der Waals surface area contributed by atoms with Crippen LogP contribution in [0, 0.1) is 0 Å². The van der Waals surface area contributed by atoms with Gasteiger partial charge < -0.3 is 10.6 Å². The molecule has 0 amide bonds. The summed E-state index contributed by atoms with van der Waals surface area (Å²) in [4.78, 5) is 2.56. The molecule has 0 bridgehead atoms. The van der Waals surface area contributed by atoms with Crippen LogP contribution in [0.15, 0.2) is 30.3 Å². The lowest BCUT2D eigenvalue weighted by molar-refractivity contribution is 0.245. The third-order valence-electron chi connectivity index (χ3n) is 3.80. The molecule has 0 fully saturated rings. The molecule has 2 heteroatoms. The van der Waals surface area contributed by atoms with Crippen LogP contribution in [0.4, 0.5) is 0 Å². The Hall–Kier alpha value is -0.860. The van der Waals surface area contributed by atoms with Crippen molar-refractivity contribution in [2.75, 3.05) is 19.6 Å². The zero-order valence-electron chi connectivity index (χ0n) is 13.4. The fourth-order valence-electron chi connectivity index (χ4n) is 2.48. The molecule has 20 heavy (non-hydrogen) atoms. The minimum atomic E-state index is 0.295. The maximum absolute atomic E-state index is 6.32. The van der Waals surface area contributed by atoms with Crippen LogP contribution in [0.5, 0.6) is 0 Å². The summed E-state index contributed by atoms with van der Waals surface area (Å²) < 4.78 is 0. The van der Waals surface area contributed by atoms with E-state index in [1.54, 1.807) is 0 Å². The van der Waals surface area contributed by atoms with E-state index in [1.807, 2.05) is 0 Å². The molecule has 1 unspecified atom stereocenters. The number of nitrogens with zero attached hydrogens (tertiary/aromatic N) is 1. The smallest absolute Gasteiger partial charge is 0.0170 e. The highest BCUT2D eigenvalue weighted by Gasteiger charge is 2.10. The fourth-order valence-corrected chi connectivity index (χ4v) is 2.48. The highest BCUT2D eigenvalue weighted by atomic mass is 15.1. The van der Waals surface area contributed by atoms with Gasteiger partial charge in [-0.1, -0.05) is 57.0 Å². The van der Waals surface area contributed by atoms with Crippen molar-refractivity contribution in [1.29, 1.82) is 0 Å². The van der Waals surface area contributed by atoms with Crippen LogP contribution in [-0.2, 0) is 6.42 Å². The quantitative estimate of drug-likeness (QED) is 0.665. The molecule has 1 rings (SSSR count). The Morgan fingerprint density at radius 3 is 2.15 bits per heavy atom.